The molecule has 2 rings (SSSR count). The summed E-state index contributed by atoms with van der Waals surface area (Å²) < 4.78 is 5.88. The highest BCUT2D eigenvalue weighted by Gasteiger charge is 2.41. The number of halogens is 1. The number of carbonyl (C=O) groups is 1. The number of benzene rings is 1. The number of ether oxygens (including phenoxy) is 1. The van der Waals surface area contributed by atoms with E-state index in [0.29, 0.717) is 18.4 Å². The van der Waals surface area contributed by atoms with Crippen molar-refractivity contribution in [1.82, 2.24) is 0 Å². The number of rotatable bonds is 8. The molecule has 6 heteroatoms. The molecule has 0 saturated carbocycles. The predicted molar refractivity (Wildman–Crippen MR) is 115 cm³/mol. The van der Waals surface area contributed by atoms with Crippen LogP contribution in [0.2, 0.25) is 5.02 Å². The minimum absolute atomic E-state index is 0.170. The lowest BCUT2D eigenvalue weighted by molar-refractivity contribution is -0.0433. The maximum absolute atomic E-state index is 11.5. The van der Waals surface area contributed by atoms with Crippen molar-refractivity contribution in [1.29, 1.82) is 0 Å². The molecule has 1 aliphatic rings. The normalized spacial score (nSPS) is 18.0. The first-order valence-electron chi connectivity index (χ1n) is 9.91. The first kappa shape index (κ1) is 23.3. The topological polar surface area (TPSA) is 87.0 Å². The number of aromatic carboxylic acids is 1. The summed E-state index contributed by atoms with van der Waals surface area (Å²) in [6.07, 6.45) is 7.11. The van der Waals surface area contributed by atoms with Gasteiger partial charge in [0.1, 0.15) is 23.2 Å². The number of aliphatic hydroxyl groups is 1. The van der Waals surface area contributed by atoms with Gasteiger partial charge in [-0.25, -0.2) is 4.79 Å². The van der Waals surface area contributed by atoms with Crippen LogP contribution >= 0.6 is 11.6 Å². The van der Waals surface area contributed by atoms with Crippen molar-refractivity contribution < 1.29 is 24.9 Å². The Kier molecular flexibility index (Phi) is 7.41. The van der Waals surface area contributed by atoms with E-state index in [1.165, 1.54) is 18.1 Å². The van der Waals surface area contributed by atoms with Crippen LogP contribution in [-0.4, -0.2) is 33.0 Å². The van der Waals surface area contributed by atoms with E-state index in [0.717, 1.165) is 12.8 Å². The number of hydrogen-bond donors (Lipinski definition) is 3. The van der Waals surface area contributed by atoms with Gasteiger partial charge in [0.25, 0.3) is 0 Å². The number of fused-ring (bicyclic) bond motifs is 1. The van der Waals surface area contributed by atoms with Gasteiger partial charge in [-0.2, -0.15) is 0 Å². The maximum atomic E-state index is 11.5. The monoisotopic (exact) mass is 422 g/mol. The summed E-state index contributed by atoms with van der Waals surface area (Å²) in [7, 11) is 0. The third kappa shape index (κ3) is 5.34. The molecule has 29 heavy (non-hydrogen) atoms. The third-order valence-corrected chi connectivity index (χ3v) is 5.95. The summed E-state index contributed by atoms with van der Waals surface area (Å²) >= 11 is 6.30. The average Bonchev–Trinajstić information content (AvgIpc) is 3.06. The number of aromatic hydroxyl groups is 1. The van der Waals surface area contributed by atoms with Crippen LogP contribution in [0.4, 0.5) is 0 Å². The highest BCUT2D eigenvalue weighted by molar-refractivity contribution is 6.33. The molecule has 1 aromatic rings. The fourth-order valence-corrected chi connectivity index (χ4v) is 3.85. The second-order valence-corrected chi connectivity index (χ2v) is 8.73. The van der Waals surface area contributed by atoms with Gasteiger partial charge in [-0.05, 0) is 65.9 Å². The van der Waals surface area contributed by atoms with E-state index in [1.54, 1.807) is 6.92 Å². The van der Waals surface area contributed by atoms with Crippen molar-refractivity contribution in [3.63, 3.8) is 0 Å². The molecule has 0 unspecified atom stereocenters. The zero-order valence-electron chi connectivity index (χ0n) is 17.8. The Morgan fingerprint density at radius 3 is 2.52 bits per heavy atom. The molecule has 0 bridgehead atoms. The predicted octanol–water partition coefficient (Wildman–Crippen LogP) is 5.58. The Morgan fingerprint density at radius 1 is 1.28 bits per heavy atom. The molecule has 1 heterocycles. The van der Waals surface area contributed by atoms with Crippen molar-refractivity contribution in [3.05, 3.63) is 45.0 Å². The van der Waals surface area contributed by atoms with E-state index in [4.69, 9.17) is 16.3 Å². The van der Waals surface area contributed by atoms with Crippen molar-refractivity contribution >= 4 is 17.6 Å². The number of allylic oxidation sites excluding steroid dienone is 4. The largest absolute Gasteiger partial charge is 0.507 e. The van der Waals surface area contributed by atoms with Crippen LogP contribution < -0.4 is 4.74 Å². The average molecular weight is 423 g/mol. The van der Waals surface area contributed by atoms with Crippen LogP contribution in [-0.2, 0) is 6.42 Å². The number of phenols is 1. The quantitative estimate of drug-likeness (QED) is 0.476. The van der Waals surface area contributed by atoms with Gasteiger partial charge in [0.05, 0.1) is 10.6 Å². The lowest BCUT2D eigenvalue weighted by atomic mass is 9.89. The second kappa shape index (κ2) is 9.23. The molecule has 0 spiro atoms. The van der Waals surface area contributed by atoms with Crippen molar-refractivity contribution in [2.45, 2.75) is 78.4 Å². The Hall–Kier alpha value is -1.98. The molecule has 2 atom stereocenters. The Bertz CT molecular complexity index is 848. The van der Waals surface area contributed by atoms with E-state index in [2.05, 4.69) is 32.9 Å². The van der Waals surface area contributed by atoms with Gasteiger partial charge in [-0.15, -0.1) is 0 Å². The number of carboxylic acids is 1. The molecule has 0 aliphatic carbocycles. The molecule has 0 saturated heterocycles. The smallest absolute Gasteiger partial charge is 0.339 e. The summed E-state index contributed by atoms with van der Waals surface area (Å²) in [4.78, 5) is 11.5. The summed E-state index contributed by atoms with van der Waals surface area (Å²) in [5.74, 6) is -1.30. The standard InChI is InChI=1S/C23H31ClO5/c1-13(2)8-6-9-14(3)10-7-11-23(5,28)17-12-16-20(25)18(22(26)27)15(4)19(24)21(16)29-17/h8,10,17,25,28H,6-7,9,11-12H2,1-5H3,(H,26,27)/b14-10+/t17-,23-/m1/s1. The van der Waals surface area contributed by atoms with Crippen LogP contribution in [0, 0.1) is 6.92 Å². The van der Waals surface area contributed by atoms with Crippen LogP contribution in [0.25, 0.3) is 0 Å². The minimum atomic E-state index is -1.24. The van der Waals surface area contributed by atoms with E-state index < -0.39 is 17.7 Å². The fourth-order valence-electron chi connectivity index (χ4n) is 3.60. The molecular weight excluding hydrogens is 392 g/mol. The van der Waals surface area contributed by atoms with Gasteiger partial charge < -0.3 is 20.1 Å². The van der Waals surface area contributed by atoms with Crippen molar-refractivity contribution in [3.8, 4) is 11.5 Å². The lowest BCUT2D eigenvalue weighted by Gasteiger charge is -2.29. The first-order valence-corrected chi connectivity index (χ1v) is 10.3. The Morgan fingerprint density at radius 2 is 1.93 bits per heavy atom. The van der Waals surface area contributed by atoms with Crippen molar-refractivity contribution in [2.75, 3.05) is 0 Å². The highest BCUT2D eigenvalue weighted by Crippen LogP contribution is 2.47. The maximum Gasteiger partial charge on any atom is 0.339 e. The van der Waals surface area contributed by atoms with E-state index >= 15 is 0 Å². The van der Waals surface area contributed by atoms with Gasteiger partial charge in [-0.3, -0.25) is 0 Å². The van der Waals surface area contributed by atoms with Crippen molar-refractivity contribution in [2.24, 2.45) is 0 Å². The summed E-state index contributed by atoms with van der Waals surface area (Å²) in [6, 6.07) is 0. The van der Waals surface area contributed by atoms with Gasteiger partial charge in [0.15, 0.2) is 0 Å². The molecule has 1 aromatic carbocycles. The second-order valence-electron chi connectivity index (χ2n) is 8.35. The van der Waals surface area contributed by atoms with Gasteiger partial charge in [0, 0.05) is 12.0 Å². The lowest BCUT2D eigenvalue weighted by Crippen LogP contribution is -2.42. The van der Waals surface area contributed by atoms with E-state index in [9.17, 15) is 20.1 Å². The molecule has 1 aliphatic heterocycles. The molecular formula is C23H31ClO5. The zero-order chi connectivity index (χ0) is 21.9. The van der Waals surface area contributed by atoms with E-state index in [-0.39, 0.29) is 34.1 Å². The SMILES string of the molecule is CC(C)=CCC/C(C)=C/CC[C@@](C)(O)[C@H]1Cc2c(O)c(C(=O)O)c(C)c(Cl)c2O1. The van der Waals surface area contributed by atoms with Gasteiger partial charge in [-0.1, -0.05) is 34.9 Å². The Balaban J connectivity index is 2.09. The first-order chi connectivity index (χ1) is 13.5. The van der Waals surface area contributed by atoms with Gasteiger partial charge in [0.2, 0.25) is 0 Å². The molecule has 3 N–H and O–H groups in total. The van der Waals surface area contributed by atoms with Crippen LogP contribution in [0.5, 0.6) is 11.5 Å². The summed E-state index contributed by atoms with van der Waals surface area (Å²) in [6.45, 7) is 9.49. The molecule has 0 fully saturated rings. The molecule has 0 amide bonds. The van der Waals surface area contributed by atoms with Crippen LogP contribution in [0.15, 0.2) is 23.3 Å². The molecule has 0 radical (unpaired) electrons. The molecule has 5 nitrogen and oxygen atoms in total. The van der Waals surface area contributed by atoms with Crippen LogP contribution in [0.1, 0.15) is 74.9 Å². The van der Waals surface area contributed by atoms with E-state index in [1.807, 2.05) is 0 Å². The number of carboxylic acid groups (broad SMARTS) is 1. The van der Waals surface area contributed by atoms with Gasteiger partial charge >= 0.3 is 5.97 Å². The summed E-state index contributed by atoms with van der Waals surface area (Å²) in [5, 5.41) is 30.9. The van der Waals surface area contributed by atoms with Crippen LogP contribution in [0.3, 0.4) is 0 Å². The third-order valence-electron chi connectivity index (χ3n) is 5.49. The highest BCUT2D eigenvalue weighted by atomic mass is 35.5. The number of hydrogen-bond acceptors (Lipinski definition) is 4. The zero-order valence-corrected chi connectivity index (χ0v) is 18.6. The molecule has 160 valence electrons. The minimum Gasteiger partial charge on any atom is -0.507 e. The Labute approximate surface area is 177 Å². The summed E-state index contributed by atoms with van der Waals surface area (Å²) in [5.41, 5.74) is 1.82. The fraction of sp³-hybridized carbons (Fsp3) is 0.522. The molecule has 0 aromatic heterocycles.